The van der Waals surface area contributed by atoms with Crippen LogP contribution in [0.5, 0.6) is 0 Å². The van der Waals surface area contributed by atoms with E-state index in [9.17, 15) is 0 Å². The standard InChI is InChI=1S/C20H19Si/c1-21(2)13-12-14-6-7-17-9-8-15-4-3-5-16-10-11-18(14)20(17)19(15)16/h3-11H,12-13H2,1-2H3. The van der Waals surface area contributed by atoms with Crippen molar-refractivity contribution in [1.82, 2.24) is 0 Å². The van der Waals surface area contributed by atoms with Gasteiger partial charge >= 0.3 is 0 Å². The number of hydrogen-bond donors (Lipinski definition) is 0. The molecular formula is C20H19Si. The van der Waals surface area contributed by atoms with Crippen LogP contribution in [0.4, 0.5) is 0 Å². The van der Waals surface area contributed by atoms with Gasteiger partial charge < -0.3 is 0 Å². The fraction of sp³-hybridized carbons (Fsp3) is 0.200. The molecular weight excluding hydrogens is 268 g/mol. The zero-order chi connectivity index (χ0) is 14.4. The lowest BCUT2D eigenvalue weighted by atomic mass is 9.91. The number of benzene rings is 4. The first-order valence-electron chi connectivity index (χ1n) is 7.68. The average molecular weight is 287 g/mol. The summed E-state index contributed by atoms with van der Waals surface area (Å²) in [6.07, 6.45) is 1.22. The van der Waals surface area contributed by atoms with Crippen molar-refractivity contribution in [1.29, 1.82) is 0 Å². The molecule has 0 atom stereocenters. The van der Waals surface area contributed by atoms with E-state index in [2.05, 4.69) is 67.7 Å². The Labute approximate surface area is 127 Å². The van der Waals surface area contributed by atoms with Crippen molar-refractivity contribution in [2.45, 2.75) is 25.6 Å². The highest BCUT2D eigenvalue weighted by atomic mass is 28.3. The highest BCUT2D eigenvalue weighted by Crippen LogP contribution is 2.36. The Morgan fingerprint density at radius 2 is 1.33 bits per heavy atom. The first-order valence-corrected chi connectivity index (χ1v) is 10.4. The summed E-state index contributed by atoms with van der Waals surface area (Å²) in [7, 11) is -0.160. The van der Waals surface area contributed by atoms with Gasteiger partial charge in [-0.25, -0.2) is 0 Å². The largest absolute Gasteiger partial charge is 0.0713 e. The van der Waals surface area contributed by atoms with Gasteiger partial charge in [-0.05, 0) is 44.3 Å². The second kappa shape index (κ2) is 4.85. The first-order chi connectivity index (χ1) is 10.2. The lowest BCUT2D eigenvalue weighted by Crippen LogP contribution is -2.01. The maximum Gasteiger partial charge on any atom is 0.0416 e. The Balaban J connectivity index is 2.06. The molecule has 1 heteroatoms. The van der Waals surface area contributed by atoms with Crippen LogP contribution in [-0.2, 0) is 6.42 Å². The van der Waals surface area contributed by atoms with Gasteiger partial charge in [0, 0.05) is 8.80 Å². The van der Waals surface area contributed by atoms with Crippen molar-refractivity contribution in [3.63, 3.8) is 0 Å². The van der Waals surface area contributed by atoms with Crippen molar-refractivity contribution >= 4 is 41.1 Å². The molecule has 0 N–H and O–H groups in total. The third-order valence-electron chi connectivity index (χ3n) is 4.51. The van der Waals surface area contributed by atoms with Gasteiger partial charge in [0.2, 0.25) is 0 Å². The number of aryl methyl sites for hydroxylation is 1. The molecule has 0 aliphatic rings. The Hall–Kier alpha value is -1.86. The van der Waals surface area contributed by atoms with Gasteiger partial charge in [-0.1, -0.05) is 73.7 Å². The molecule has 0 spiro atoms. The summed E-state index contributed by atoms with van der Waals surface area (Å²) in [6, 6.07) is 21.8. The van der Waals surface area contributed by atoms with E-state index in [4.69, 9.17) is 0 Å². The molecule has 0 aromatic heterocycles. The fourth-order valence-electron chi connectivity index (χ4n) is 3.40. The van der Waals surface area contributed by atoms with E-state index in [1.54, 1.807) is 0 Å². The SMILES string of the molecule is C[Si](C)CCc1ccc2ccc3cccc4ccc1c2c34. The van der Waals surface area contributed by atoms with Gasteiger partial charge in [0.15, 0.2) is 0 Å². The molecule has 4 aromatic rings. The number of rotatable bonds is 3. The van der Waals surface area contributed by atoms with Crippen LogP contribution >= 0.6 is 0 Å². The maximum absolute atomic E-state index is 2.40. The van der Waals surface area contributed by atoms with Crippen LogP contribution < -0.4 is 0 Å². The highest BCUT2D eigenvalue weighted by Gasteiger charge is 2.10. The summed E-state index contributed by atoms with van der Waals surface area (Å²) in [4.78, 5) is 0. The van der Waals surface area contributed by atoms with Gasteiger partial charge in [0.1, 0.15) is 0 Å². The van der Waals surface area contributed by atoms with Gasteiger partial charge in [0.05, 0.1) is 0 Å². The van der Waals surface area contributed by atoms with E-state index < -0.39 is 0 Å². The molecule has 0 bridgehead atoms. The summed E-state index contributed by atoms with van der Waals surface area (Å²) in [5.41, 5.74) is 1.52. The van der Waals surface area contributed by atoms with Crippen molar-refractivity contribution in [2.24, 2.45) is 0 Å². The summed E-state index contributed by atoms with van der Waals surface area (Å²) in [6.45, 7) is 4.81. The first kappa shape index (κ1) is 12.8. The minimum atomic E-state index is -0.160. The quantitative estimate of drug-likeness (QED) is 0.326. The van der Waals surface area contributed by atoms with Crippen molar-refractivity contribution < 1.29 is 0 Å². The van der Waals surface area contributed by atoms with Crippen LogP contribution in [0.25, 0.3) is 32.3 Å². The van der Waals surface area contributed by atoms with E-state index >= 15 is 0 Å². The molecule has 0 nitrogen and oxygen atoms in total. The summed E-state index contributed by atoms with van der Waals surface area (Å²) < 4.78 is 0. The van der Waals surface area contributed by atoms with E-state index in [0.29, 0.717) is 0 Å². The molecule has 0 amide bonds. The molecule has 0 heterocycles. The van der Waals surface area contributed by atoms with Crippen molar-refractivity contribution in [3.05, 3.63) is 60.2 Å². The molecule has 103 valence electrons. The molecule has 4 rings (SSSR count). The molecule has 0 aliphatic heterocycles. The van der Waals surface area contributed by atoms with E-state index in [1.165, 1.54) is 50.3 Å². The lowest BCUT2D eigenvalue weighted by molar-refractivity contribution is 1.13. The van der Waals surface area contributed by atoms with Crippen molar-refractivity contribution in [2.75, 3.05) is 0 Å². The Morgan fingerprint density at radius 1 is 0.714 bits per heavy atom. The molecule has 0 saturated heterocycles. The monoisotopic (exact) mass is 287 g/mol. The van der Waals surface area contributed by atoms with Crippen LogP contribution in [0.2, 0.25) is 19.1 Å². The second-order valence-corrected chi connectivity index (χ2v) is 9.20. The maximum atomic E-state index is 2.40. The molecule has 21 heavy (non-hydrogen) atoms. The van der Waals surface area contributed by atoms with Crippen LogP contribution in [0.3, 0.4) is 0 Å². The van der Waals surface area contributed by atoms with E-state index in [0.717, 1.165) is 0 Å². The molecule has 1 radical (unpaired) electrons. The van der Waals surface area contributed by atoms with E-state index in [1.807, 2.05) is 0 Å². The Kier molecular flexibility index (Phi) is 2.97. The Morgan fingerprint density at radius 3 is 2.05 bits per heavy atom. The van der Waals surface area contributed by atoms with Crippen LogP contribution in [0.1, 0.15) is 5.56 Å². The predicted molar refractivity (Wildman–Crippen MR) is 96.1 cm³/mol. The topological polar surface area (TPSA) is 0 Å². The minimum Gasteiger partial charge on any atom is -0.0713 e. The summed E-state index contributed by atoms with van der Waals surface area (Å²) >= 11 is 0. The Bertz CT molecular complexity index is 905. The van der Waals surface area contributed by atoms with E-state index in [-0.39, 0.29) is 8.80 Å². The molecule has 0 unspecified atom stereocenters. The molecule has 4 aromatic carbocycles. The molecule has 0 aliphatic carbocycles. The van der Waals surface area contributed by atoms with Crippen LogP contribution in [0, 0.1) is 0 Å². The van der Waals surface area contributed by atoms with Gasteiger partial charge in [-0.3, -0.25) is 0 Å². The van der Waals surface area contributed by atoms with Gasteiger partial charge in [0.25, 0.3) is 0 Å². The lowest BCUT2D eigenvalue weighted by Gasteiger charge is -2.14. The zero-order valence-corrected chi connectivity index (χ0v) is 13.6. The minimum absolute atomic E-state index is 0.160. The third kappa shape index (κ3) is 2.04. The normalized spacial score (nSPS) is 12.1. The fourth-order valence-corrected chi connectivity index (χ4v) is 4.17. The predicted octanol–water partition coefficient (Wildman–Crippen LogP) is 5.88. The second-order valence-electron chi connectivity index (χ2n) is 6.29. The molecule has 0 saturated carbocycles. The average Bonchev–Trinajstić information content (AvgIpc) is 2.51. The van der Waals surface area contributed by atoms with Gasteiger partial charge in [-0.2, -0.15) is 0 Å². The van der Waals surface area contributed by atoms with Crippen LogP contribution in [0.15, 0.2) is 54.6 Å². The zero-order valence-electron chi connectivity index (χ0n) is 12.6. The van der Waals surface area contributed by atoms with Gasteiger partial charge in [-0.15, -0.1) is 0 Å². The number of hydrogen-bond acceptors (Lipinski definition) is 0. The third-order valence-corrected chi connectivity index (χ3v) is 5.76. The van der Waals surface area contributed by atoms with Crippen LogP contribution in [-0.4, -0.2) is 8.80 Å². The molecule has 0 fully saturated rings. The highest BCUT2D eigenvalue weighted by molar-refractivity contribution is 6.55. The smallest absolute Gasteiger partial charge is 0.0416 e. The summed E-state index contributed by atoms with van der Waals surface area (Å²) in [5.74, 6) is 0. The summed E-state index contributed by atoms with van der Waals surface area (Å²) in [5, 5.41) is 8.45. The van der Waals surface area contributed by atoms with Crippen molar-refractivity contribution in [3.8, 4) is 0 Å².